The molecular weight excluding hydrogens is 444 g/mol. The van der Waals surface area contributed by atoms with E-state index >= 15 is 0 Å². The van der Waals surface area contributed by atoms with E-state index in [4.69, 9.17) is 4.42 Å². The zero-order chi connectivity index (χ0) is 23.1. The topological polar surface area (TPSA) is 134 Å². The first-order chi connectivity index (χ1) is 14.4. The van der Waals surface area contributed by atoms with Crippen molar-refractivity contribution in [2.24, 2.45) is 5.92 Å². The predicted molar refractivity (Wildman–Crippen MR) is 118 cm³/mol. The van der Waals surface area contributed by atoms with Crippen LogP contribution in [0.15, 0.2) is 45.7 Å². The highest BCUT2D eigenvalue weighted by Gasteiger charge is 2.28. The van der Waals surface area contributed by atoms with Gasteiger partial charge in [0.25, 0.3) is 0 Å². The highest BCUT2D eigenvalue weighted by atomic mass is 32.2. The average Bonchev–Trinajstić information content (AvgIpc) is 3.08. The Morgan fingerprint density at radius 3 is 2.32 bits per heavy atom. The van der Waals surface area contributed by atoms with Crippen LogP contribution in [0.2, 0.25) is 0 Å². The van der Waals surface area contributed by atoms with Gasteiger partial charge < -0.3 is 9.52 Å². The molecule has 2 aromatic carbocycles. The van der Waals surface area contributed by atoms with E-state index in [-0.39, 0.29) is 10.6 Å². The molecule has 1 aromatic heterocycles. The van der Waals surface area contributed by atoms with Crippen molar-refractivity contribution in [3.8, 4) is 0 Å². The third kappa shape index (κ3) is 4.39. The monoisotopic (exact) mass is 468 g/mol. The van der Waals surface area contributed by atoms with Gasteiger partial charge in [-0.05, 0) is 43.2 Å². The van der Waals surface area contributed by atoms with E-state index in [2.05, 4.69) is 4.72 Å². The number of sulfonamides is 2. The van der Waals surface area contributed by atoms with Crippen LogP contribution in [0.25, 0.3) is 21.9 Å². The lowest BCUT2D eigenvalue weighted by molar-refractivity contribution is -0.140. The summed E-state index contributed by atoms with van der Waals surface area (Å²) in [5.74, 6) is -1.75. The average molecular weight is 469 g/mol. The molecule has 0 unspecified atom stereocenters. The Morgan fingerprint density at radius 1 is 1.06 bits per heavy atom. The number of carboxylic acids is 1. The zero-order valence-electron chi connectivity index (χ0n) is 17.5. The van der Waals surface area contributed by atoms with E-state index in [9.17, 15) is 26.7 Å². The summed E-state index contributed by atoms with van der Waals surface area (Å²) in [5.41, 5.74) is 1.24. The predicted octanol–water partition coefficient (Wildman–Crippen LogP) is 2.76. The number of hydrogen-bond acceptors (Lipinski definition) is 6. The van der Waals surface area contributed by atoms with Crippen molar-refractivity contribution in [2.75, 3.05) is 17.1 Å². The van der Waals surface area contributed by atoms with Crippen molar-refractivity contribution < 1.29 is 31.2 Å². The number of carbonyl (C=O) groups is 1. The van der Waals surface area contributed by atoms with Gasteiger partial charge >= 0.3 is 5.97 Å². The summed E-state index contributed by atoms with van der Waals surface area (Å²) in [6, 6.07) is 7.82. The molecule has 0 fully saturated rings. The molecule has 11 heteroatoms. The van der Waals surface area contributed by atoms with Gasteiger partial charge in [0.2, 0.25) is 20.0 Å². The largest absolute Gasteiger partial charge is 0.480 e. The first-order valence-corrected chi connectivity index (χ1v) is 12.6. The summed E-state index contributed by atoms with van der Waals surface area (Å²) < 4.78 is 59.0. The fraction of sp³-hybridized carbons (Fsp3) is 0.350. The number of aliphatic carboxylic acids is 1. The molecule has 31 heavy (non-hydrogen) atoms. The van der Waals surface area contributed by atoms with Crippen molar-refractivity contribution in [3.63, 3.8) is 0 Å². The van der Waals surface area contributed by atoms with Crippen LogP contribution in [0, 0.1) is 5.92 Å². The minimum Gasteiger partial charge on any atom is -0.480 e. The number of nitrogens with zero attached hydrogens (tertiary/aromatic N) is 1. The van der Waals surface area contributed by atoms with Gasteiger partial charge in [-0.2, -0.15) is 4.72 Å². The Balaban J connectivity index is 2.06. The van der Waals surface area contributed by atoms with E-state index in [0.29, 0.717) is 27.6 Å². The quantitative estimate of drug-likeness (QED) is 0.519. The highest BCUT2D eigenvalue weighted by Crippen LogP contribution is 2.33. The Hall–Kier alpha value is -2.63. The van der Waals surface area contributed by atoms with Crippen LogP contribution < -0.4 is 9.03 Å². The smallest absolute Gasteiger partial charge is 0.322 e. The summed E-state index contributed by atoms with van der Waals surface area (Å²) in [6.45, 7) is 4.78. The number of anilines is 1. The summed E-state index contributed by atoms with van der Waals surface area (Å²) in [5, 5.41) is 10.4. The van der Waals surface area contributed by atoms with E-state index in [1.54, 1.807) is 39.0 Å². The molecule has 3 rings (SSSR count). The number of fused-ring (bicyclic) bond motifs is 3. The number of furan rings is 1. The maximum atomic E-state index is 12.8. The standard InChI is InChI=1S/C20H24N2O7S2/c1-5-30(25,26)22(4)13-6-8-15-16-11-14(7-9-17(16)29-18(15)10-13)31(27,28)21-19(12(2)3)20(23)24/h6-12,19,21H,5H2,1-4H3,(H,23,24)/t19-/m1/s1. The number of hydrogen-bond donors (Lipinski definition) is 2. The van der Waals surface area contributed by atoms with Crippen LogP contribution in [0.1, 0.15) is 20.8 Å². The van der Waals surface area contributed by atoms with Gasteiger partial charge in [-0.15, -0.1) is 0 Å². The van der Waals surface area contributed by atoms with Gasteiger partial charge in [0.15, 0.2) is 0 Å². The summed E-state index contributed by atoms with van der Waals surface area (Å²) in [6.07, 6.45) is 0. The molecule has 3 aromatic rings. The number of rotatable bonds is 8. The summed E-state index contributed by atoms with van der Waals surface area (Å²) in [4.78, 5) is 11.3. The van der Waals surface area contributed by atoms with E-state index in [1.165, 1.54) is 25.2 Å². The second kappa shape index (κ2) is 8.13. The molecule has 0 saturated heterocycles. The maximum Gasteiger partial charge on any atom is 0.322 e. The van der Waals surface area contributed by atoms with Gasteiger partial charge in [0.1, 0.15) is 17.2 Å². The van der Waals surface area contributed by atoms with Crippen LogP contribution in [-0.4, -0.2) is 46.8 Å². The molecule has 9 nitrogen and oxygen atoms in total. The molecule has 1 atom stereocenters. The third-order valence-corrected chi connectivity index (χ3v) is 8.31. The van der Waals surface area contributed by atoms with Crippen LogP contribution in [0.5, 0.6) is 0 Å². The molecule has 0 aliphatic carbocycles. The Labute approximate surface area is 180 Å². The molecule has 0 aliphatic rings. The fourth-order valence-electron chi connectivity index (χ4n) is 3.17. The second-order valence-electron chi connectivity index (χ2n) is 7.49. The van der Waals surface area contributed by atoms with E-state index < -0.39 is 38.0 Å². The van der Waals surface area contributed by atoms with Crippen molar-refractivity contribution in [2.45, 2.75) is 31.7 Å². The first-order valence-electron chi connectivity index (χ1n) is 9.55. The van der Waals surface area contributed by atoms with Gasteiger partial charge in [-0.25, -0.2) is 16.8 Å². The number of nitrogens with one attached hydrogen (secondary N) is 1. The molecule has 0 spiro atoms. The lowest BCUT2D eigenvalue weighted by atomic mass is 10.1. The SMILES string of the molecule is CCS(=O)(=O)N(C)c1ccc2c(c1)oc1ccc(S(=O)(=O)N[C@@H](C(=O)O)C(C)C)cc12. The van der Waals surface area contributed by atoms with E-state index in [1.807, 2.05) is 0 Å². The molecule has 0 saturated carbocycles. The minimum absolute atomic E-state index is 0.0520. The minimum atomic E-state index is -4.09. The van der Waals surface area contributed by atoms with Gasteiger partial charge in [-0.3, -0.25) is 9.10 Å². The summed E-state index contributed by atoms with van der Waals surface area (Å²) in [7, 11) is -6.09. The molecule has 0 bridgehead atoms. The van der Waals surface area contributed by atoms with Crippen LogP contribution in [-0.2, 0) is 24.8 Å². The summed E-state index contributed by atoms with van der Waals surface area (Å²) >= 11 is 0. The van der Waals surface area contributed by atoms with Crippen LogP contribution in [0.4, 0.5) is 5.69 Å². The van der Waals surface area contributed by atoms with Crippen LogP contribution in [0.3, 0.4) is 0 Å². The molecule has 0 amide bonds. The highest BCUT2D eigenvalue weighted by molar-refractivity contribution is 7.92. The number of carboxylic acid groups (broad SMARTS) is 1. The van der Waals surface area contributed by atoms with Gasteiger partial charge in [0.05, 0.1) is 16.3 Å². The molecule has 2 N–H and O–H groups in total. The zero-order valence-corrected chi connectivity index (χ0v) is 19.1. The van der Waals surface area contributed by atoms with Crippen molar-refractivity contribution in [1.29, 1.82) is 0 Å². The number of benzene rings is 2. The third-order valence-electron chi connectivity index (χ3n) is 5.10. The van der Waals surface area contributed by atoms with E-state index in [0.717, 1.165) is 4.31 Å². The molecule has 168 valence electrons. The molecule has 1 heterocycles. The fourth-order valence-corrected chi connectivity index (χ4v) is 5.35. The van der Waals surface area contributed by atoms with Gasteiger partial charge in [0, 0.05) is 23.9 Å². The Morgan fingerprint density at radius 2 is 1.74 bits per heavy atom. The van der Waals surface area contributed by atoms with Crippen molar-refractivity contribution in [3.05, 3.63) is 36.4 Å². The molecule has 0 aliphatic heterocycles. The van der Waals surface area contributed by atoms with Crippen molar-refractivity contribution in [1.82, 2.24) is 4.72 Å². The lowest BCUT2D eigenvalue weighted by Gasteiger charge is -2.18. The molecule has 0 radical (unpaired) electrons. The van der Waals surface area contributed by atoms with Gasteiger partial charge in [-0.1, -0.05) is 13.8 Å². The lowest BCUT2D eigenvalue weighted by Crippen LogP contribution is -2.44. The Bertz CT molecular complexity index is 1360. The van der Waals surface area contributed by atoms with Crippen molar-refractivity contribution >= 4 is 53.6 Å². The van der Waals surface area contributed by atoms with Crippen LogP contribution >= 0.6 is 0 Å². The maximum absolute atomic E-state index is 12.8. The normalized spacial score (nSPS) is 13.7. The Kier molecular flexibility index (Phi) is 6.05. The first kappa shape index (κ1) is 23.0. The molecular formula is C20H24N2O7S2. The second-order valence-corrected chi connectivity index (χ2v) is 11.5.